The number of methoxy groups -OCH3 is 1. The van der Waals surface area contributed by atoms with Crippen molar-refractivity contribution < 1.29 is 14.3 Å². The minimum Gasteiger partial charge on any atom is -0.481 e. The third-order valence-corrected chi connectivity index (χ3v) is 10.6. The number of ether oxygens (including phenoxy) is 2. The van der Waals surface area contributed by atoms with E-state index in [-0.39, 0.29) is 34.3 Å². The number of benzene rings is 2. The molecule has 13 heteroatoms. The fraction of sp³-hybridized carbons (Fsp3) is 0.368. The molecule has 1 aliphatic carbocycles. The van der Waals surface area contributed by atoms with Crippen LogP contribution < -0.4 is 43.3 Å². The van der Waals surface area contributed by atoms with Crippen molar-refractivity contribution in [2.45, 2.75) is 45.6 Å². The summed E-state index contributed by atoms with van der Waals surface area (Å²) in [6.45, 7) is 5.82. The summed E-state index contributed by atoms with van der Waals surface area (Å²) >= 11 is 7.20. The van der Waals surface area contributed by atoms with Crippen LogP contribution in [0.5, 0.6) is 5.88 Å². The number of carbonyl (C=O) groups excluding carboxylic acids is 1. The summed E-state index contributed by atoms with van der Waals surface area (Å²) in [5.41, 5.74) is 18.2. The molecule has 0 amide bonds. The topological polar surface area (TPSA) is 160 Å². The second kappa shape index (κ2) is 14.7. The van der Waals surface area contributed by atoms with E-state index >= 15 is 0 Å². The number of nitrogens with one attached hydrogen (secondary N) is 1. The lowest BCUT2D eigenvalue weighted by atomic mass is 9.94. The van der Waals surface area contributed by atoms with Crippen LogP contribution >= 0.6 is 11.6 Å². The molecule has 12 nitrogen and oxygen atoms in total. The average Bonchev–Trinajstić information content (AvgIpc) is 3.57. The van der Waals surface area contributed by atoms with E-state index in [0.717, 1.165) is 76.9 Å². The predicted octanol–water partition coefficient (Wildman–Crippen LogP) is 2.88. The second-order valence-electron chi connectivity index (χ2n) is 13.0. The van der Waals surface area contributed by atoms with Gasteiger partial charge in [-0.1, -0.05) is 41.9 Å². The molecule has 1 fully saturated rings. The van der Waals surface area contributed by atoms with Crippen molar-refractivity contribution in [3.63, 3.8) is 0 Å². The molecule has 1 unspecified atom stereocenters. The van der Waals surface area contributed by atoms with Crippen LogP contribution in [0.15, 0.2) is 52.1 Å². The van der Waals surface area contributed by atoms with Crippen molar-refractivity contribution in [3.05, 3.63) is 95.6 Å². The Morgan fingerprint density at radius 1 is 1.06 bits per heavy atom. The minimum absolute atomic E-state index is 0.0494. The van der Waals surface area contributed by atoms with Gasteiger partial charge < -0.3 is 26.3 Å². The zero-order valence-corrected chi connectivity index (χ0v) is 30.3. The Balaban J connectivity index is 1.33. The molecule has 6 rings (SSSR count). The Labute approximate surface area is 300 Å². The molecule has 0 saturated carbocycles. The van der Waals surface area contributed by atoms with Gasteiger partial charge in [0.1, 0.15) is 11.0 Å². The number of rotatable bonds is 8. The Kier molecular flexibility index (Phi) is 10.3. The Hall–Kier alpha value is -5.07. The number of pyridine rings is 1. The number of hydrogen-bond acceptors (Lipinski definition) is 10. The van der Waals surface area contributed by atoms with Gasteiger partial charge >= 0.3 is 11.7 Å². The number of nitrogens with zero attached hydrogens (tertiary/aromatic N) is 4. The average molecular weight is 714 g/mol. The van der Waals surface area contributed by atoms with Crippen molar-refractivity contribution >= 4 is 35.3 Å². The molecular weight excluding hydrogens is 670 g/mol. The molecule has 5 N–H and O–H groups in total. The van der Waals surface area contributed by atoms with Crippen LogP contribution in [-0.2, 0) is 30.0 Å². The maximum absolute atomic E-state index is 13.1. The molecule has 1 aliphatic heterocycles. The maximum Gasteiger partial charge on any atom is 0.330 e. The van der Waals surface area contributed by atoms with E-state index in [9.17, 15) is 14.4 Å². The molecule has 1 atom stereocenters. The zero-order valence-electron chi connectivity index (χ0n) is 29.6. The van der Waals surface area contributed by atoms with Crippen molar-refractivity contribution in [3.8, 4) is 28.3 Å². The van der Waals surface area contributed by atoms with Crippen molar-refractivity contribution in [1.82, 2.24) is 19.0 Å². The minimum atomic E-state index is -0.563. The monoisotopic (exact) mass is 713 g/mol. The summed E-state index contributed by atoms with van der Waals surface area (Å²) in [4.78, 5) is 45.3. The lowest BCUT2D eigenvalue weighted by molar-refractivity contribution is -0.149. The number of aryl methyl sites for hydroxylation is 1. The Morgan fingerprint density at radius 2 is 1.75 bits per heavy atom. The molecule has 2 aromatic heterocycles. The van der Waals surface area contributed by atoms with E-state index in [1.165, 1.54) is 30.4 Å². The molecule has 268 valence electrons. The largest absolute Gasteiger partial charge is 0.481 e. The highest BCUT2D eigenvalue weighted by molar-refractivity contribution is 6.36. The number of piperidine rings is 1. The van der Waals surface area contributed by atoms with Crippen LogP contribution in [0.2, 0.25) is 5.02 Å². The van der Waals surface area contributed by atoms with Gasteiger partial charge in [0.2, 0.25) is 5.88 Å². The highest BCUT2D eigenvalue weighted by atomic mass is 35.5. The molecule has 0 spiro atoms. The van der Waals surface area contributed by atoms with Crippen LogP contribution in [-0.4, -0.2) is 51.8 Å². The molecular formula is C38H44ClN7O5. The van der Waals surface area contributed by atoms with Gasteiger partial charge in [-0.15, -0.1) is 0 Å². The Morgan fingerprint density at radius 3 is 2.43 bits per heavy atom. The molecule has 0 radical (unpaired) electrons. The van der Waals surface area contributed by atoms with E-state index in [0.29, 0.717) is 23.2 Å². The van der Waals surface area contributed by atoms with Gasteiger partial charge in [0.05, 0.1) is 35.7 Å². The zero-order chi connectivity index (χ0) is 36.6. The van der Waals surface area contributed by atoms with E-state index in [1.807, 2.05) is 50.2 Å². The lowest BCUT2D eigenvalue weighted by Crippen LogP contribution is -2.59. The van der Waals surface area contributed by atoms with Crippen LogP contribution in [0.4, 0.5) is 5.69 Å². The first kappa shape index (κ1) is 35.7. The van der Waals surface area contributed by atoms with E-state index < -0.39 is 11.2 Å². The maximum atomic E-state index is 13.1. The molecule has 4 aromatic rings. The van der Waals surface area contributed by atoms with Crippen LogP contribution in [0.25, 0.3) is 34.4 Å². The van der Waals surface area contributed by atoms with Crippen molar-refractivity contribution in [1.29, 1.82) is 0 Å². The fourth-order valence-corrected chi connectivity index (χ4v) is 7.79. The lowest BCUT2D eigenvalue weighted by Gasteiger charge is -2.35. The molecule has 0 bridgehead atoms. The summed E-state index contributed by atoms with van der Waals surface area (Å²) in [6.07, 6.45) is 4.58. The number of nitrogens with two attached hydrogens (primary N) is 2. The quantitative estimate of drug-likeness (QED) is 0.232. The van der Waals surface area contributed by atoms with E-state index in [1.54, 1.807) is 7.11 Å². The number of esters is 1. The third-order valence-electron chi connectivity index (χ3n) is 10.2. The number of carbonyl (C=O) groups is 1. The normalized spacial score (nSPS) is 17.3. The number of fused-ring (bicyclic) bond motifs is 1. The van der Waals surface area contributed by atoms with Gasteiger partial charge in [-0.2, -0.15) is 0 Å². The molecule has 51 heavy (non-hydrogen) atoms. The van der Waals surface area contributed by atoms with Gasteiger partial charge in [0, 0.05) is 48.7 Å². The Bertz CT molecular complexity index is 2260. The van der Waals surface area contributed by atoms with Crippen LogP contribution in [0.3, 0.4) is 0 Å². The number of likely N-dealkylation sites (tertiary alicyclic amines) is 1. The van der Waals surface area contributed by atoms with Gasteiger partial charge in [-0.05, 0) is 81.4 Å². The van der Waals surface area contributed by atoms with E-state index in [2.05, 4.69) is 16.3 Å². The first-order valence-electron chi connectivity index (χ1n) is 17.1. The number of halogens is 1. The van der Waals surface area contributed by atoms with Crippen molar-refractivity contribution in [2.24, 2.45) is 31.5 Å². The molecule has 3 heterocycles. The first-order chi connectivity index (χ1) is 24.5. The first-order valence-corrected chi connectivity index (χ1v) is 17.5. The highest BCUT2D eigenvalue weighted by Crippen LogP contribution is 2.45. The molecule has 2 aliphatic rings. The number of aromatic nitrogens is 3. The summed E-state index contributed by atoms with van der Waals surface area (Å²) in [5, 5.41) is 4.00. The molecule has 2 aromatic carbocycles. The van der Waals surface area contributed by atoms with Gasteiger partial charge in [-0.25, -0.2) is 9.78 Å². The standard InChI is InChI=1S/C38H44ClN7O5/c1-6-51-37(48)22-15-17-46(18-16-22)29-14-13-23-19-28(43-35(50-5)31(23)29)26-11-7-10-25(33(26)39)24-9-8-12-27(21(24)2)42-34(41)32-30(20-40)44(3)38(49)45(4)36(32)47/h7-12,19-20,22,29,42H,6,13-18,40-41H2,1-5H3/b30-20+,34-32-. The number of hydrogen-bond donors (Lipinski definition) is 3. The summed E-state index contributed by atoms with van der Waals surface area (Å²) < 4.78 is 13.4. The third kappa shape index (κ3) is 6.49. The van der Waals surface area contributed by atoms with Crippen LogP contribution in [0, 0.1) is 12.8 Å². The predicted molar refractivity (Wildman–Crippen MR) is 199 cm³/mol. The van der Waals surface area contributed by atoms with E-state index in [4.69, 9.17) is 37.5 Å². The highest BCUT2D eigenvalue weighted by Gasteiger charge is 2.36. The smallest absolute Gasteiger partial charge is 0.330 e. The molecule has 1 saturated heterocycles. The SMILES string of the molecule is CCOC(=O)C1CCN(C2CCc3cc(-c4cccc(-c5cccc(N/C(N)=c6\c(=O)n(C)c(=O)n(C)\c6=C\N)c5C)c4Cl)nc(OC)c32)CC1. The van der Waals surface area contributed by atoms with Gasteiger partial charge in [0.25, 0.3) is 5.56 Å². The summed E-state index contributed by atoms with van der Waals surface area (Å²) in [7, 11) is 4.57. The van der Waals surface area contributed by atoms with Crippen LogP contribution in [0.1, 0.15) is 48.9 Å². The summed E-state index contributed by atoms with van der Waals surface area (Å²) in [5.74, 6) is 0.498. The van der Waals surface area contributed by atoms with Gasteiger partial charge in [-0.3, -0.25) is 23.6 Å². The summed E-state index contributed by atoms with van der Waals surface area (Å²) in [6, 6.07) is 13.8. The number of anilines is 1. The van der Waals surface area contributed by atoms with Crippen molar-refractivity contribution in [2.75, 3.05) is 32.1 Å². The fourth-order valence-electron chi connectivity index (χ4n) is 7.46. The second-order valence-corrected chi connectivity index (χ2v) is 13.4. The van der Waals surface area contributed by atoms with Gasteiger partial charge in [0.15, 0.2) is 0 Å².